The maximum absolute atomic E-state index is 12.5. The molecule has 2 bridgehead atoms. The van der Waals surface area contributed by atoms with E-state index in [9.17, 15) is 21.6 Å². The molecule has 0 saturated heterocycles. The van der Waals surface area contributed by atoms with Gasteiger partial charge in [-0.3, -0.25) is 0 Å². The van der Waals surface area contributed by atoms with Crippen LogP contribution in [0.4, 0.5) is 13.2 Å². The van der Waals surface area contributed by atoms with Crippen LogP contribution in [-0.2, 0) is 10.1 Å². The summed E-state index contributed by atoms with van der Waals surface area (Å²) in [6, 6.07) is 14.2. The molecular weight excluding hydrogens is 401 g/mol. The number of fused-ring (bicyclic) bond motifs is 1. The van der Waals surface area contributed by atoms with Gasteiger partial charge >= 0.3 is 15.6 Å². The molecule has 0 aromatic heterocycles. The van der Waals surface area contributed by atoms with Gasteiger partial charge in [-0.15, -0.1) is 0 Å². The second-order valence-corrected chi connectivity index (χ2v) is 8.95. The molecule has 2 aromatic rings. The Morgan fingerprint density at radius 2 is 1.28 bits per heavy atom. The third kappa shape index (κ3) is 3.83. The van der Waals surface area contributed by atoms with E-state index in [2.05, 4.69) is 47.5 Å². The minimum absolute atomic E-state index is 0.224. The molecule has 0 saturated carbocycles. The summed E-state index contributed by atoms with van der Waals surface area (Å²) in [6.07, 6.45) is 6.55. The lowest BCUT2D eigenvalue weighted by Crippen LogP contribution is -2.28. The van der Waals surface area contributed by atoms with E-state index in [0.717, 1.165) is 24.0 Å². The van der Waals surface area contributed by atoms with Crippen LogP contribution in [-0.4, -0.2) is 13.9 Å². The van der Waals surface area contributed by atoms with Crippen LogP contribution >= 0.6 is 0 Å². The summed E-state index contributed by atoms with van der Waals surface area (Å²) < 4.78 is 63.8. The van der Waals surface area contributed by atoms with Crippen LogP contribution in [0.3, 0.4) is 0 Å². The summed E-state index contributed by atoms with van der Waals surface area (Å²) in [5.74, 6) is 0.157. The van der Waals surface area contributed by atoms with Crippen molar-refractivity contribution in [1.29, 1.82) is 0 Å². The SMILES string of the molecule is Cc1ccc(C2=CC3CCC2C=C3c2ccc(OS(=O)(=O)C(F)(F)F)cc2)cc1. The van der Waals surface area contributed by atoms with Gasteiger partial charge in [0.15, 0.2) is 0 Å². The molecule has 7 heteroatoms. The highest BCUT2D eigenvalue weighted by molar-refractivity contribution is 7.88. The number of hydrogen-bond donors (Lipinski definition) is 0. The first kappa shape index (κ1) is 19.8. The van der Waals surface area contributed by atoms with E-state index < -0.39 is 15.6 Å². The summed E-state index contributed by atoms with van der Waals surface area (Å²) in [5, 5.41) is 0. The minimum atomic E-state index is -5.66. The highest BCUT2D eigenvalue weighted by Crippen LogP contribution is 2.47. The molecule has 0 N–H and O–H groups in total. The summed E-state index contributed by atoms with van der Waals surface area (Å²) in [5.41, 5.74) is 0.246. The number of benzene rings is 2. The summed E-state index contributed by atoms with van der Waals surface area (Å²) in [7, 11) is -5.66. The molecule has 3 aliphatic carbocycles. The van der Waals surface area contributed by atoms with Crippen molar-refractivity contribution < 1.29 is 25.8 Å². The van der Waals surface area contributed by atoms with Gasteiger partial charge < -0.3 is 4.18 Å². The van der Waals surface area contributed by atoms with Crippen molar-refractivity contribution in [3.8, 4) is 5.75 Å². The highest BCUT2D eigenvalue weighted by atomic mass is 32.2. The Morgan fingerprint density at radius 3 is 1.69 bits per heavy atom. The van der Waals surface area contributed by atoms with Crippen molar-refractivity contribution in [2.75, 3.05) is 0 Å². The van der Waals surface area contributed by atoms with Crippen LogP contribution in [0.15, 0.2) is 60.7 Å². The molecule has 0 amide bonds. The first-order valence-corrected chi connectivity index (χ1v) is 10.7. The third-order valence-electron chi connectivity index (χ3n) is 5.41. The smallest absolute Gasteiger partial charge is 0.376 e. The van der Waals surface area contributed by atoms with Crippen molar-refractivity contribution in [2.24, 2.45) is 11.8 Å². The Balaban J connectivity index is 1.55. The van der Waals surface area contributed by atoms with E-state index in [0.29, 0.717) is 5.92 Å². The number of hydrogen-bond acceptors (Lipinski definition) is 3. The van der Waals surface area contributed by atoms with Crippen LogP contribution in [0.2, 0.25) is 0 Å². The van der Waals surface area contributed by atoms with Gasteiger partial charge in [0, 0.05) is 11.8 Å². The maximum atomic E-state index is 12.5. The van der Waals surface area contributed by atoms with Crippen molar-refractivity contribution in [3.63, 3.8) is 0 Å². The Labute approximate surface area is 167 Å². The molecule has 152 valence electrons. The van der Waals surface area contributed by atoms with Crippen molar-refractivity contribution in [3.05, 3.63) is 77.4 Å². The van der Waals surface area contributed by atoms with Crippen molar-refractivity contribution >= 4 is 21.3 Å². The molecule has 3 nitrogen and oxygen atoms in total. The Bertz CT molecular complexity index is 1080. The molecule has 0 spiro atoms. The van der Waals surface area contributed by atoms with Crippen LogP contribution in [0.1, 0.15) is 29.5 Å². The van der Waals surface area contributed by atoms with Gasteiger partial charge in [-0.25, -0.2) is 0 Å². The molecule has 0 radical (unpaired) electrons. The first-order chi connectivity index (χ1) is 13.6. The third-order valence-corrected chi connectivity index (χ3v) is 6.39. The molecule has 0 heterocycles. The van der Waals surface area contributed by atoms with Gasteiger partial charge in [0.2, 0.25) is 0 Å². The first-order valence-electron chi connectivity index (χ1n) is 9.26. The number of halogens is 3. The molecular formula is C22H19F3O3S. The van der Waals surface area contributed by atoms with Crippen LogP contribution in [0, 0.1) is 18.8 Å². The number of allylic oxidation sites excluding steroid dienone is 4. The molecule has 29 heavy (non-hydrogen) atoms. The topological polar surface area (TPSA) is 43.4 Å². The van der Waals surface area contributed by atoms with Gasteiger partial charge in [0.1, 0.15) is 5.75 Å². The fraction of sp³-hybridized carbons (Fsp3) is 0.273. The lowest BCUT2D eigenvalue weighted by molar-refractivity contribution is -0.0500. The molecule has 2 aromatic carbocycles. The number of rotatable bonds is 4. The van der Waals surface area contributed by atoms with E-state index >= 15 is 0 Å². The zero-order valence-corrected chi connectivity index (χ0v) is 16.4. The number of aryl methyl sites for hydroxylation is 1. The second kappa shape index (κ2) is 7.06. The normalized spacial score (nSPS) is 21.5. The lowest BCUT2D eigenvalue weighted by atomic mass is 9.69. The Kier molecular flexibility index (Phi) is 4.81. The van der Waals surface area contributed by atoms with E-state index in [1.807, 2.05) is 0 Å². The van der Waals surface area contributed by atoms with Crippen molar-refractivity contribution in [2.45, 2.75) is 25.3 Å². The predicted octanol–water partition coefficient (Wildman–Crippen LogP) is 5.73. The van der Waals surface area contributed by atoms with Crippen molar-refractivity contribution in [1.82, 2.24) is 0 Å². The van der Waals surface area contributed by atoms with Gasteiger partial charge in [0.25, 0.3) is 0 Å². The van der Waals surface area contributed by atoms with Crippen LogP contribution in [0.5, 0.6) is 5.75 Å². The zero-order valence-electron chi connectivity index (χ0n) is 15.6. The predicted molar refractivity (Wildman–Crippen MR) is 105 cm³/mol. The average molecular weight is 420 g/mol. The van der Waals surface area contributed by atoms with Crippen LogP contribution < -0.4 is 4.18 Å². The Morgan fingerprint density at radius 1 is 0.828 bits per heavy atom. The largest absolute Gasteiger partial charge is 0.534 e. The molecule has 3 aliphatic rings. The van der Waals surface area contributed by atoms with Crippen LogP contribution in [0.25, 0.3) is 11.1 Å². The Hall–Kier alpha value is -2.54. The summed E-state index contributed by atoms with van der Waals surface area (Å²) >= 11 is 0. The van der Waals surface area contributed by atoms with E-state index in [-0.39, 0.29) is 11.7 Å². The quantitative estimate of drug-likeness (QED) is 0.469. The van der Waals surface area contributed by atoms with E-state index in [1.165, 1.54) is 28.8 Å². The fourth-order valence-corrected chi connectivity index (χ4v) is 4.40. The van der Waals surface area contributed by atoms with Gasteiger partial charge in [-0.1, -0.05) is 54.1 Å². The van der Waals surface area contributed by atoms with E-state index in [1.54, 1.807) is 12.1 Å². The monoisotopic (exact) mass is 420 g/mol. The molecule has 2 atom stereocenters. The second-order valence-electron chi connectivity index (χ2n) is 7.41. The summed E-state index contributed by atoms with van der Waals surface area (Å²) in [4.78, 5) is 0. The fourth-order valence-electron chi connectivity index (χ4n) is 3.94. The minimum Gasteiger partial charge on any atom is -0.376 e. The standard InChI is InChI=1S/C22H19F3O3S/c1-14-2-4-15(5-3-14)20-12-18-7-6-17(20)13-21(18)16-8-10-19(11-9-16)28-29(26,27)22(23,24)25/h2-5,8-13,17-18H,6-7H2,1H3. The summed E-state index contributed by atoms with van der Waals surface area (Å²) in [6.45, 7) is 2.05. The highest BCUT2D eigenvalue weighted by Gasteiger charge is 2.48. The lowest BCUT2D eigenvalue weighted by Gasteiger charge is -2.35. The zero-order chi connectivity index (χ0) is 20.8. The van der Waals surface area contributed by atoms with Gasteiger partial charge in [-0.05, 0) is 54.2 Å². The van der Waals surface area contributed by atoms with E-state index in [4.69, 9.17) is 0 Å². The average Bonchev–Trinajstić information content (AvgIpc) is 2.68. The van der Waals surface area contributed by atoms with Gasteiger partial charge in [-0.2, -0.15) is 21.6 Å². The molecule has 0 fully saturated rings. The molecule has 5 rings (SSSR count). The maximum Gasteiger partial charge on any atom is 0.534 e. The van der Waals surface area contributed by atoms with Gasteiger partial charge in [0.05, 0.1) is 0 Å². The molecule has 0 aliphatic heterocycles. The molecule has 2 unspecified atom stereocenters. The number of alkyl halides is 3.